The van der Waals surface area contributed by atoms with Gasteiger partial charge in [-0.1, -0.05) is 11.6 Å². The molecule has 2 N–H and O–H groups in total. The number of hydrogen-bond acceptors (Lipinski definition) is 4. The topological polar surface area (TPSA) is 69.4 Å². The highest BCUT2D eigenvalue weighted by molar-refractivity contribution is 9.10. The van der Waals surface area contributed by atoms with E-state index in [-0.39, 0.29) is 26.3 Å². The third kappa shape index (κ3) is 3.22. The highest BCUT2D eigenvalue weighted by Crippen LogP contribution is 2.35. The molecule has 1 aliphatic heterocycles. The molecule has 1 aromatic heterocycles. The van der Waals surface area contributed by atoms with Gasteiger partial charge in [0.2, 0.25) is 5.28 Å². The van der Waals surface area contributed by atoms with Crippen LogP contribution in [0.2, 0.25) is 10.3 Å². The Balaban J connectivity index is 2.12. The molecule has 120 valence electrons. The lowest BCUT2D eigenvalue weighted by Gasteiger charge is -2.31. The van der Waals surface area contributed by atoms with Crippen LogP contribution < -0.4 is 10.2 Å². The second-order valence-corrected chi connectivity index (χ2v) is 6.83. The number of aromatic nitrogens is 2. The Kier molecular flexibility index (Phi) is 4.87. The minimum atomic E-state index is -0.560. The largest absolute Gasteiger partial charge is 0.344 e. The summed E-state index contributed by atoms with van der Waals surface area (Å²) >= 11 is 15.2. The van der Waals surface area contributed by atoms with Crippen molar-refractivity contribution in [3.8, 4) is 6.07 Å². The Bertz CT molecular complexity index is 810. The summed E-state index contributed by atoms with van der Waals surface area (Å²) in [6, 6.07) is 3.96. The molecule has 0 radical (unpaired) electrons. The maximum atomic E-state index is 14.4. The van der Waals surface area contributed by atoms with Crippen molar-refractivity contribution in [1.82, 2.24) is 9.97 Å². The fourth-order valence-corrected chi connectivity index (χ4v) is 3.40. The summed E-state index contributed by atoms with van der Waals surface area (Å²) in [7, 11) is 0. The van der Waals surface area contributed by atoms with E-state index in [1.54, 1.807) is 6.07 Å². The highest BCUT2D eigenvalue weighted by atomic mass is 79.9. The standard InChI is InChI=1S/C14H11BrCl2FN5/c15-10-9(16)5-8-12(11(10)18)21-14(17)22-13(8)23-4-3-20-7(6-23)1-2-19/h5,7,20H,1,3-4,6H2/p+1. The van der Waals surface area contributed by atoms with Crippen LogP contribution in [0.4, 0.5) is 10.2 Å². The first-order valence-electron chi connectivity index (χ1n) is 6.97. The van der Waals surface area contributed by atoms with E-state index in [2.05, 4.69) is 37.3 Å². The average Bonchev–Trinajstić information content (AvgIpc) is 2.54. The van der Waals surface area contributed by atoms with Gasteiger partial charge in [-0.3, -0.25) is 0 Å². The van der Waals surface area contributed by atoms with Crippen molar-refractivity contribution >= 4 is 55.9 Å². The lowest BCUT2D eigenvalue weighted by Crippen LogP contribution is -2.95. The second kappa shape index (κ2) is 6.73. The van der Waals surface area contributed by atoms with Gasteiger partial charge >= 0.3 is 0 Å². The predicted molar refractivity (Wildman–Crippen MR) is 90.2 cm³/mol. The van der Waals surface area contributed by atoms with Gasteiger partial charge in [0.15, 0.2) is 5.82 Å². The quantitative estimate of drug-likeness (QED) is 0.599. The Hall–Kier alpha value is -1.20. The molecule has 0 saturated carbocycles. The number of rotatable bonds is 2. The zero-order valence-electron chi connectivity index (χ0n) is 11.9. The predicted octanol–water partition coefficient (Wildman–Crippen LogP) is 2.50. The molecule has 0 amide bonds. The van der Waals surface area contributed by atoms with Crippen LogP contribution in [0.1, 0.15) is 6.42 Å². The first kappa shape index (κ1) is 16.7. The van der Waals surface area contributed by atoms with Gasteiger partial charge in [-0.15, -0.1) is 0 Å². The minimum Gasteiger partial charge on any atom is -0.344 e. The van der Waals surface area contributed by atoms with Gasteiger partial charge in [0.1, 0.15) is 17.4 Å². The van der Waals surface area contributed by atoms with Gasteiger partial charge in [0.25, 0.3) is 0 Å². The van der Waals surface area contributed by atoms with Gasteiger partial charge < -0.3 is 10.2 Å². The molecule has 0 aliphatic carbocycles. The van der Waals surface area contributed by atoms with Crippen molar-refractivity contribution in [2.45, 2.75) is 12.5 Å². The summed E-state index contributed by atoms with van der Waals surface area (Å²) in [6.07, 6.45) is 0.438. The van der Waals surface area contributed by atoms with E-state index in [0.717, 1.165) is 13.1 Å². The number of halogens is 4. The average molecular weight is 420 g/mol. The van der Waals surface area contributed by atoms with Crippen molar-refractivity contribution in [1.29, 1.82) is 5.26 Å². The highest BCUT2D eigenvalue weighted by Gasteiger charge is 2.26. The van der Waals surface area contributed by atoms with Crippen LogP contribution in [-0.4, -0.2) is 35.6 Å². The van der Waals surface area contributed by atoms with Crippen LogP contribution >= 0.6 is 39.1 Å². The van der Waals surface area contributed by atoms with Crippen molar-refractivity contribution < 1.29 is 9.71 Å². The Morgan fingerprint density at radius 1 is 1.48 bits per heavy atom. The zero-order valence-corrected chi connectivity index (χ0v) is 15.0. The summed E-state index contributed by atoms with van der Waals surface area (Å²) in [5, 5.41) is 11.8. The SMILES string of the molecule is N#CCC1CN(c2nc(Cl)nc3c(F)c(Br)c(Cl)cc23)CC[NH2+]1. The van der Waals surface area contributed by atoms with E-state index in [1.807, 2.05) is 4.90 Å². The molecular weight excluding hydrogens is 408 g/mol. The van der Waals surface area contributed by atoms with E-state index < -0.39 is 5.82 Å². The molecule has 5 nitrogen and oxygen atoms in total. The first-order chi connectivity index (χ1) is 11.0. The molecule has 2 heterocycles. The fraction of sp³-hybridized carbons (Fsp3) is 0.357. The number of nitrogens with zero attached hydrogens (tertiary/aromatic N) is 4. The molecule has 0 bridgehead atoms. The molecule has 0 spiro atoms. The number of quaternary nitrogens is 1. The summed E-state index contributed by atoms with van der Waals surface area (Å²) < 4.78 is 14.6. The molecule has 1 aromatic carbocycles. The van der Waals surface area contributed by atoms with Crippen molar-refractivity contribution in [3.63, 3.8) is 0 Å². The number of fused-ring (bicyclic) bond motifs is 1. The van der Waals surface area contributed by atoms with Gasteiger partial charge in [0.05, 0.1) is 41.6 Å². The molecule has 1 unspecified atom stereocenters. The third-order valence-corrected chi connectivity index (χ3v) is 5.26. The monoisotopic (exact) mass is 418 g/mol. The van der Waals surface area contributed by atoms with Gasteiger partial charge in [0, 0.05) is 5.39 Å². The van der Waals surface area contributed by atoms with E-state index in [4.69, 9.17) is 28.5 Å². The normalized spacial score (nSPS) is 18.2. The maximum absolute atomic E-state index is 14.4. The van der Waals surface area contributed by atoms with Gasteiger partial charge in [-0.2, -0.15) is 10.2 Å². The van der Waals surface area contributed by atoms with Crippen molar-refractivity contribution in [3.05, 3.63) is 26.7 Å². The molecule has 3 rings (SSSR count). The molecule has 23 heavy (non-hydrogen) atoms. The van der Waals surface area contributed by atoms with Crippen LogP contribution in [0, 0.1) is 17.1 Å². The van der Waals surface area contributed by atoms with Crippen LogP contribution in [0.3, 0.4) is 0 Å². The number of benzene rings is 1. The Labute approximate surface area is 150 Å². The first-order valence-corrected chi connectivity index (χ1v) is 8.52. The van der Waals surface area contributed by atoms with E-state index in [9.17, 15) is 4.39 Å². The summed E-state index contributed by atoms with van der Waals surface area (Å²) in [5.41, 5.74) is 0.127. The maximum Gasteiger partial charge on any atom is 0.225 e. The summed E-state index contributed by atoms with van der Waals surface area (Å²) in [5.74, 6) is -0.0143. The number of hydrogen-bond donors (Lipinski definition) is 1. The minimum absolute atomic E-state index is 0.0213. The zero-order chi connectivity index (χ0) is 16.6. The lowest BCUT2D eigenvalue weighted by molar-refractivity contribution is -0.689. The number of nitrogens with two attached hydrogens (primary N) is 1. The van der Waals surface area contributed by atoms with E-state index in [0.29, 0.717) is 24.2 Å². The fourth-order valence-electron chi connectivity index (χ4n) is 2.74. The third-order valence-electron chi connectivity index (χ3n) is 3.79. The van der Waals surface area contributed by atoms with Gasteiger partial charge in [-0.25, -0.2) is 9.37 Å². The molecular formula is C14H12BrCl2FN5+. The van der Waals surface area contributed by atoms with Crippen LogP contribution in [0.5, 0.6) is 0 Å². The molecule has 1 aliphatic rings. The smallest absolute Gasteiger partial charge is 0.225 e. The number of anilines is 1. The molecule has 1 fully saturated rings. The number of nitriles is 1. The van der Waals surface area contributed by atoms with Crippen molar-refractivity contribution in [2.75, 3.05) is 24.5 Å². The second-order valence-electron chi connectivity index (χ2n) is 5.29. The van der Waals surface area contributed by atoms with E-state index in [1.165, 1.54) is 0 Å². The van der Waals surface area contributed by atoms with Gasteiger partial charge in [-0.05, 0) is 33.6 Å². The summed E-state index contributed by atoms with van der Waals surface area (Å²) in [4.78, 5) is 10.3. The van der Waals surface area contributed by atoms with E-state index >= 15 is 0 Å². The summed E-state index contributed by atoms with van der Waals surface area (Å²) in [6.45, 7) is 2.17. The molecule has 1 atom stereocenters. The molecule has 9 heteroatoms. The Morgan fingerprint density at radius 3 is 3.00 bits per heavy atom. The van der Waals surface area contributed by atoms with Crippen LogP contribution in [0.25, 0.3) is 10.9 Å². The molecule has 2 aromatic rings. The molecule has 1 saturated heterocycles. The van der Waals surface area contributed by atoms with Crippen molar-refractivity contribution in [2.24, 2.45) is 0 Å². The Morgan fingerprint density at radius 2 is 2.26 bits per heavy atom. The lowest BCUT2D eigenvalue weighted by atomic mass is 10.1. The van der Waals surface area contributed by atoms with Crippen LogP contribution in [-0.2, 0) is 0 Å². The van der Waals surface area contributed by atoms with Crippen LogP contribution in [0.15, 0.2) is 10.5 Å². The number of piperazine rings is 1.